The van der Waals surface area contributed by atoms with Crippen LogP contribution in [0.4, 0.5) is 0 Å². The van der Waals surface area contributed by atoms with E-state index in [0.717, 1.165) is 55.3 Å². The topological polar surface area (TPSA) is 52.4 Å². The molecule has 0 saturated carbocycles. The van der Waals surface area contributed by atoms with Gasteiger partial charge in [-0.05, 0) is 22.9 Å². The first-order valence-electron chi connectivity index (χ1n) is 9.22. The van der Waals surface area contributed by atoms with E-state index >= 15 is 0 Å². The Morgan fingerprint density at radius 2 is 1.89 bits per heavy atom. The molecular weight excluding hydrogens is 360 g/mol. The Labute approximate surface area is 163 Å². The molecule has 1 aromatic heterocycles. The third-order valence-corrected chi connectivity index (χ3v) is 5.76. The van der Waals surface area contributed by atoms with Gasteiger partial charge in [0.25, 0.3) is 0 Å². The first kappa shape index (κ1) is 18.3. The maximum Gasteiger partial charge on any atom is 0.191 e. The number of nitrogens with zero attached hydrogens (tertiary/aromatic N) is 4. The summed E-state index contributed by atoms with van der Waals surface area (Å²) in [6.07, 6.45) is 0. The van der Waals surface area contributed by atoms with Crippen LogP contribution in [0.25, 0.3) is 10.8 Å². The second-order valence-electron chi connectivity index (χ2n) is 6.56. The normalized spacial score (nSPS) is 15.3. The van der Waals surface area contributed by atoms with Crippen LogP contribution in [0.1, 0.15) is 5.82 Å². The van der Waals surface area contributed by atoms with Crippen LogP contribution < -0.4 is 4.74 Å². The molecule has 1 saturated heterocycles. The molecule has 2 aromatic carbocycles. The average molecular weight is 385 g/mol. The maximum absolute atomic E-state index is 5.94. The lowest BCUT2D eigenvalue weighted by molar-refractivity contribution is 0.0410. The van der Waals surface area contributed by atoms with Crippen molar-refractivity contribution in [2.24, 2.45) is 7.05 Å². The highest BCUT2D eigenvalue weighted by molar-refractivity contribution is 7.99. The van der Waals surface area contributed by atoms with Crippen LogP contribution in [-0.4, -0.2) is 58.3 Å². The zero-order valence-electron chi connectivity index (χ0n) is 15.5. The largest absolute Gasteiger partial charge is 0.486 e. The number of hydrogen-bond donors (Lipinski definition) is 0. The number of benzene rings is 2. The summed E-state index contributed by atoms with van der Waals surface area (Å²) in [6, 6.07) is 14.4. The molecule has 27 heavy (non-hydrogen) atoms. The van der Waals surface area contributed by atoms with Gasteiger partial charge in [-0.25, -0.2) is 0 Å². The van der Waals surface area contributed by atoms with E-state index in [9.17, 15) is 0 Å². The molecule has 2 heterocycles. The van der Waals surface area contributed by atoms with Crippen molar-refractivity contribution in [3.8, 4) is 5.75 Å². The monoisotopic (exact) mass is 384 g/mol. The average Bonchev–Trinajstić information content (AvgIpc) is 3.07. The van der Waals surface area contributed by atoms with Crippen LogP contribution in [0.5, 0.6) is 5.75 Å². The number of thioether (sulfide) groups is 1. The number of fused-ring (bicyclic) bond motifs is 1. The molecule has 0 spiro atoms. The van der Waals surface area contributed by atoms with Gasteiger partial charge in [0, 0.05) is 32.4 Å². The lowest BCUT2D eigenvalue weighted by Crippen LogP contribution is -2.37. The van der Waals surface area contributed by atoms with Crippen molar-refractivity contribution in [2.75, 3.05) is 38.6 Å². The van der Waals surface area contributed by atoms with E-state index in [0.29, 0.717) is 6.61 Å². The summed E-state index contributed by atoms with van der Waals surface area (Å²) in [5.41, 5.74) is 0. The molecule has 7 heteroatoms. The molecule has 0 N–H and O–H groups in total. The number of rotatable bonds is 7. The standard InChI is InChI=1S/C20H24N4O2S/c1-23-19(15-26-18-7-6-16-4-2-3-5-17(16)14-18)21-22-20(23)27-13-10-24-8-11-25-12-9-24/h2-7,14H,8-13,15H2,1H3. The molecule has 6 nitrogen and oxygen atoms in total. The maximum atomic E-state index is 5.94. The molecule has 1 aliphatic heterocycles. The highest BCUT2D eigenvalue weighted by Crippen LogP contribution is 2.22. The van der Waals surface area contributed by atoms with Gasteiger partial charge in [-0.2, -0.15) is 0 Å². The Hall–Kier alpha value is -2.09. The molecule has 0 bridgehead atoms. The van der Waals surface area contributed by atoms with Gasteiger partial charge in [0.15, 0.2) is 11.0 Å². The second-order valence-corrected chi connectivity index (χ2v) is 7.62. The molecule has 0 atom stereocenters. The van der Waals surface area contributed by atoms with E-state index in [1.807, 2.05) is 29.8 Å². The Morgan fingerprint density at radius 1 is 1.07 bits per heavy atom. The summed E-state index contributed by atoms with van der Waals surface area (Å²) in [4.78, 5) is 2.43. The van der Waals surface area contributed by atoms with Crippen molar-refractivity contribution in [1.29, 1.82) is 0 Å². The van der Waals surface area contributed by atoms with Crippen molar-refractivity contribution in [3.05, 3.63) is 48.3 Å². The number of aromatic nitrogens is 3. The summed E-state index contributed by atoms with van der Waals surface area (Å²) in [6.45, 7) is 5.17. The van der Waals surface area contributed by atoms with E-state index in [2.05, 4.69) is 39.4 Å². The highest BCUT2D eigenvalue weighted by atomic mass is 32.2. The first-order valence-corrected chi connectivity index (χ1v) is 10.2. The van der Waals surface area contributed by atoms with Crippen molar-refractivity contribution >= 4 is 22.5 Å². The van der Waals surface area contributed by atoms with E-state index in [4.69, 9.17) is 9.47 Å². The lowest BCUT2D eigenvalue weighted by Gasteiger charge is -2.26. The Kier molecular flexibility index (Phi) is 5.91. The van der Waals surface area contributed by atoms with Gasteiger partial charge >= 0.3 is 0 Å². The number of morpholine rings is 1. The van der Waals surface area contributed by atoms with Crippen LogP contribution >= 0.6 is 11.8 Å². The van der Waals surface area contributed by atoms with E-state index in [1.165, 1.54) is 10.8 Å². The first-order chi connectivity index (χ1) is 13.3. The predicted molar refractivity (Wildman–Crippen MR) is 107 cm³/mol. The molecule has 0 amide bonds. The molecule has 1 fully saturated rings. The fourth-order valence-electron chi connectivity index (χ4n) is 3.09. The van der Waals surface area contributed by atoms with Crippen LogP contribution in [0.3, 0.4) is 0 Å². The van der Waals surface area contributed by atoms with Gasteiger partial charge in [-0.1, -0.05) is 42.1 Å². The Bertz CT molecular complexity index is 893. The molecule has 3 aromatic rings. The SMILES string of the molecule is Cn1c(COc2ccc3ccccc3c2)nnc1SCCN1CCOCC1. The second kappa shape index (κ2) is 8.73. The van der Waals surface area contributed by atoms with Crippen molar-refractivity contribution in [1.82, 2.24) is 19.7 Å². The summed E-state index contributed by atoms with van der Waals surface area (Å²) in [5, 5.41) is 11.9. The number of hydrogen-bond acceptors (Lipinski definition) is 6. The fourth-order valence-corrected chi connectivity index (χ4v) is 4.02. The Balaban J connectivity index is 1.31. The van der Waals surface area contributed by atoms with Crippen LogP contribution in [-0.2, 0) is 18.4 Å². The lowest BCUT2D eigenvalue weighted by atomic mass is 10.1. The zero-order valence-corrected chi connectivity index (χ0v) is 16.3. The van der Waals surface area contributed by atoms with Crippen molar-refractivity contribution in [2.45, 2.75) is 11.8 Å². The summed E-state index contributed by atoms with van der Waals surface area (Å²) in [5.74, 6) is 2.67. The highest BCUT2D eigenvalue weighted by Gasteiger charge is 2.13. The minimum absolute atomic E-state index is 0.409. The van der Waals surface area contributed by atoms with E-state index in [1.54, 1.807) is 11.8 Å². The third kappa shape index (κ3) is 4.61. The summed E-state index contributed by atoms with van der Waals surface area (Å²) in [7, 11) is 2.00. The molecular formula is C20H24N4O2S. The van der Waals surface area contributed by atoms with Gasteiger partial charge in [0.2, 0.25) is 0 Å². The van der Waals surface area contributed by atoms with Crippen LogP contribution in [0.15, 0.2) is 47.6 Å². The van der Waals surface area contributed by atoms with Crippen molar-refractivity contribution < 1.29 is 9.47 Å². The molecule has 1 aliphatic rings. The smallest absolute Gasteiger partial charge is 0.191 e. The van der Waals surface area contributed by atoms with Gasteiger partial charge in [0.05, 0.1) is 13.2 Å². The molecule has 0 aliphatic carbocycles. The third-order valence-electron chi connectivity index (χ3n) is 4.76. The van der Waals surface area contributed by atoms with E-state index in [-0.39, 0.29) is 0 Å². The predicted octanol–water partition coefficient (Wildman–Crippen LogP) is 2.97. The zero-order chi connectivity index (χ0) is 18.5. The minimum Gasteiger partial charge on any atom is -0.486 e. The van der Waals surface area contributed by atoms with Gasteiger partial charge < -0.3 is 14.0 Å². The summed E-state index contributed by atoms with van der Waals surface area (Å²) >= 11 is 1.74. The molecule has 4 rings (SSSR count). The van der Waals surface area contributed by atoms with Crippen molar-refractivity contribution in [3.63, 3.8) is 0 Å². The van der Waals surface area contributed by atoms with Gasteiger partial charge in [-0.15, -0.1) is 10.2 Å². The molecule has 142 valence electrons. The fraction of sp³-hybridized carbons (Fsp3) is 0.400. The molecule has 0 unspecified atom stereocenters. The number of ether oxygens (including phenoxy) is 2. The van der Waals surface area contributed by atoms with Crippen LogP contribution in [0.2, 0.25) is 0 Å². The van der Waals surface area contributed by atoms with Gasteiger partial charge in [0.1, 0.15) is 12.4 Å². The minimum atomic E-state index is 0.409. The Morgan fingerprint density at radius 3 is 2.74 bits per heavy atom. The van der Waals surface area contributed by atoms with Gasteiger partial charge in [-0.3, -0.25) is 4.90 Å². The summed E-state index contributed by atoms with van der Waals surface area (Å²) < 4.78 is 13.3. The van der Waals surface area contributed by atoms with Crippen LogP contribution in [0, 0.1) is 0 Å². The quantitative estimate of drug-likeness (QED) is 0.584. The van der Waals surface area contributed by atoms with E-state index < -0.39 is 0 Å². The molecule has 0 radical (unpaired) electrons.